The van der Waals surface area contributed by atoms with Crippen LogP contribution in [0.25, 0.3) is 0 Å². The molecule has 1 atom stereocenters. The summed E-state index contributed by atoms with van der Waals surface area (Å²) in [6.07, 6.45) is 13.3. The Hall–Kier alpha value is -2.98. The fraction of sp³-hybridized carbons (Fsp3) is 0.630. The van der Waals surface area contributed by atoms with Gasteiger partial charge in [-0.25, -0.2) is 0 Å². The van der Waals surface area contributed by atoms with Gasteiger partial charge in [-0.15, -0.1) is 5.10 Å². The molecule has 10 nitrogen and oxygen atoms in total. The predicted molar refractivity (Wildman–Crippen MR) is 145 cm³/mol. The Labute approximate surface area is 220 Å². The molecule has 6 N–H and O–H groups in total. The minimum atomic E-state index is -0.493. The number of primary amides is 1. The molecular formula is C27H45N7O3. The van der Waals surface area contributed by atoms with Gasteiger partial charge in [-0.3, -0.25) is 19.6 Å². The van der Waals surface area contributed by atoms with E-state index >= 15 is 0 Å². The highest BCUT2D eigenvalue weighted by Crippen LogP contribution is 2.15. The highest BCUT2D eigenvalue weighted by Gasteiger charge is 2.14. The molecule has 0 aliphatic rings. The maximum Gasteiger partial charge on any atom is 0.234 e. The normalized spacial score (nSPS) is 11.8. The van der Waals surface area contributed by atoms with E-state index in [1.807, 2.05) is 35.1 Å². The van der Waals surface area contributed by atoms with E-state index in [1.165, 1.54) is 32.1 Å². The number of benzene rings is 1. The maximum absolute atomic E-state index is 11.6. The first-order valence-electron chi connectivity index (χ1n) is 13.6. The summed E-state index contributed by atoms with van der Waals surface area (Å²) in [5.74, 6) is 0.484. The number of ether oxygens (including phenoxy) is 1. The molecule has 0 aliphatic heterocycles. The van der Waals surface area contributed by atoms with Crippen LogP contribution < -0.4 is 26.8 Å². The van der Waals surface area contributed by atoms with Crippen molar-refractivity contribution in [2.45, 2.75) is 96.7 Å². The van der Waals surface area contributed by atoms with E-state index in [0.717, 1.165) is 55.8 Å². The molecule has 0 aliphatic carbocycles. The minimum Gasteiger partial charge on any atom is -0.487 e. The van der Waals surface area contributed by atoms with Crippen LogP contribution in [0.1, 0.15) is 82.4 Å². The number of unbranched alkanes of at least 4 members (excludes halogenated alkanes) is 7. The van der Waals surface area contributed by atoms with E-state index in [0.29, 0.717) is 19.4 Å². The summed E-state index contributed by atoms with van der Waals surface area (Å²) in [6, 6.07) is 7.06. The number of amides is 2. The predicted octanol–water partition coefficient (Wildman–Crippen LogP) is 2.80. The lowest BCUT2D eigenvalue weighted by Gasteiger charge is -2.14. The Morgan fingerprint density at radius 2 is 1.70 bits per heavy atom. The summed E-state index contributed by atoms with van der Waals surface area (Å²) < 4.78 is 7.70. The zero-order chi connectivity index (χ0) is 26.7. The Morgan fingerprint density at radius 3 is 2.35 bits per heavy atom. The smallest absolute Gasteiger partial charge is 0.234 e. The molecule has 10 heteroatoms. The Balaban J connectivity index is 1.53. The SMILES string of the molecule is CCCNC(=O)CCCCCCCCCCn1cc(COc2ccc(C[C@H](NCN)C(N)=O)cc2)nn1. The molecular weight excluding hydrogens is 470 g/mol. The molecule has 0 spiro atoms. The lowest BCUT2D eigenvalue weighted by Crippen LogP contribution is -2.45. The number of carbonyl (C=O) groups is 2. The van der Waals surface area contributed by atoms with Gasteiger partial charge in [-0.05, 0) is 43.4 Å². The highest BCUT2D eigenvalue weighted by molar-refractivity contribution is 5.80. The van der Waals surface area contributed by atoms with Crippen LogP contribution in [0, 0.1) is 0 Å². The van der Waals surface area contributed by atoms with Crippen molar-refractivity contribution in [1.82, 2.24) is 25.6 Å². The van der Waals surface area contributed by atoms with Crippen molar-refractivity contribution in [3.8, 4) is 5.75 Å². The number of nitrogens with one attached hydrogen (secondary N) is 2. The van der Waals surface area contributed by atoms with E-state index in [-0.39, 0.29) is 12.6 Å². The van der Waals surface area contributed by atoms with E-state index in [2.05, 4.69) is 27.9 Å². The van der Waals surface area contributed by atoms with Crippen LogP contribution in [0.5, 0.6) is 5.75 Å². The fourth-order valence-electron chi connectivity index (χ4n) is 4.02. The molecule has 0 saturated carbocycles. The molecule has 37 heavy (non-hydrogen) atoms. The van der Waals surface area contributed by atoms with Crippen molar-refractivity contribution in [1.29, 1.82) is 0 Å². The zero-order valence-electron chi connectivity index (χ0n) is 22.3. The third kappa shape index (κ3) is 13.2. The van der Waals surface area contributed by atoms with Gasteiger partial charge in [0.15, 0.2) is 0 Å². The van der Waals surface area contributed by atoms with Gasteiger partial charge in [0.25, 0.3) is 0 Å². The third-order valence-corrected chi connectivity index (χ3v) is 6.16. The number of nitrogens with two attached hydrogens (primary N) is 2. The summed E-state index contributed by atoms with van der Waals surface area (Å²) in [7, 11) is 0. The summed E-state index contributed by atoms with van der Waals surface area (Å²) >= 11 is 0. The van der Waals surface area contributed by atoms with Gasteiger partial charge in [0.05, 0.1) is 12.2 Å². The van der Waals surface area contributed by atoms with Crippen LogP contribution in [0.15, 0.2) is 30.5 Å². The Bertz CT molecular complexity index is 902. The van der Waals surface area contributed by atoms with E-state index in [1.54, 1.807) is 0 Å². The molecule has 1 aromatic heterocycles. The quantitative estimate of drug-likeness (QED) is 0.147. The van der Waals surface area contributed by atoms with Gasteiger partial charge in [0.2, 0.25) is 11.8 Å². The lowest BCUT2D eigenvalue weighted by atomic mass is 10.1. The van der Waals surface area contributed by atoms with Crippen LogP contribution in [0.3, 0.4) is 0 Å². The second kappa shape index (κ2) is 18.3. The largest absolute Gasteiger partial charge is 0.487 e. The summed E-state index contributed by atoms with van der Waals surface area (Å²) in [6.45, 7) is 4.24. The van der Waals surface area contributed by atoms with Crippen LogP contribution in [0.2, 0.25) is 0 Å². The van der Waals surface area contributed by atoms with E-state index in [4.69, 9.17) is 16.2 Å². The van der Waals surface area contributed by atoms with Gasteiger partial charge < -0.3 is 21.5 Å². The molecule has 0 fully saturated rings. The van der Waals surface area contributed by atoms with Crippen molar-refractivity contribution < 1.29 is 14.3 Å². The van der Waals surface area contributed by atoms with Crippen molar-refractivity contribution in [2.24, 2.45) is 11.5 Å². The molecule has 2 rings (SSSR count). The van der Waals surface area contributed by atoms with Crippen LogP contribution in [0.4, 0.5) is 0 Å². The lowest BCUT2D eigenvalue weighted by molar-refractivity contribution is -0.121. The van der Waals surface area contributed by atoms with Gasteiger partial charge >= 0.3 is 0 Å². The number of nitrogens with zero attached hydrogens (tertiary/aromatic N) is 3. The minimum absolute atomic E-state index is 0.187. The number of aryl methyl sites for hydroxylation is 1. The number of aromatic nitrogens is 3. The van der Waals surface area contributed by atoms with E-state index < -0.39 is 11.9 Å². The van der Waals surface area contributed by atoms with Crippen LogP contribution in [-0.2, 0) is 29.2 Å². The number of hydrogen-bond acceptors (Lipinski definition) is 7. The van der Waals surface area contributed by atoms with Crippen LogP contribution >= 0.6 is 0 Å². The van der Waals surface area contributed by atoms with Crippen LogP contribution in [-0.4, -0.2) is 46.1 Å². The average Bonchev–Trinajstić information content (AvgIpc) is 3.35. The molecule has 2 aromatic rings. The van der Waals surface area contributed by atoms with Gasteiger partial charge in [-0.1, -0.05) is 62.8 Å². The van der Waals surface area contributed by atoms with E-state index in [9.17, 15) is 9.59 Å². The maximum atomic E-state index is 11.6. The number of rotatable bonds is 21. The molecule has 1 heterocycles. The second-order valence-corrected chi connectivity index (χ2v) is 9.40. The van der Waals surface area contributed by atoms with Gasteiger partial charge in [0, 0.05) is 26.2 Å². The topological polar surface area (TPSA) is 150 Å². The summed E-state index contributed by atoms with van der Waals surface area (Å²) in [5, 5.41) is 14.2. The van der Waals surface area contributed by atoms with Crippen molar-refractivity contribution in [3.05, 3.63) is 41.7 Å². The molecule has 1 aromatic carbocycles. The molecule has 206 valence electrons. The first-order valence-corrected chi connectivity index (χ1v) is 13.6. The Kier molecular flexibility index (Phi) is 15.0. The van der Waals surface area contributed by atoms with Gasteiger partial charge in [-0.2, -0.15) is 0 Å². The standard InChI is InChI=1S/C27H45N7O3/c1-2-16-30-26(35)11-9-7-5-3-4-6-8-10-17-34-19-23(32-33-34)20-37-24-14-12-22(13-15-24)18-25(27(29)36)31-21-28/h12-15,19,25,31H,2-11,16-18,20-21,28H2,1H3,(H2,29,36)(H,30,35)/t25-/m0/s1. The monoisotopic (exact) mass is 515 g/mol. The molecule has 0 saturated heterocycles. The third-order valence-electron chi connectivity index (χ3n) is 6.16. The van der Waals surface area contributed by atoms with Crippen molar-refractivity contribution in [2.75, 3.05) is 13.2 Å². The molecule has 0 unspecified atom stereocenters. The second-order valence-electron chi connectivity index (χ2n) is 9.40. The average molecular weight is 516 g/mol. The first kappa shape index (κ1) is 30.2. The summed E-state index contributed by atoms with van der Waals surface area (Å²) in [4.78, 5) is 23.0. The Morgan fingerprint density at radius 1 is 1.03 bits per heavy atom. The highest BCUT2D eigenvalue weighted by atomic mass is 16.5. The zero-order valence-corrected chi connectivity index (χ0v) is 22.3. The summed E-state index contributed by atoms with van der Waals surface area (Å²) in [5.41, 5.74) is 12.6. The number of hydrogen-bond donors (Lipinski definition) is 4. The molecule has 0 radical (unpaired) electrons. The first-order chi connectivity index (χ1) is 18.0. The van der Waals surface area contributed by atoms with Gasteiger partial charge in [0.1, 0.15) is 18.1 Å². The fourth-order valence-corrected chi connectivity index (χ4v) is 4.02. The van der Waals surface area contributed by atoms with Crippen molar-refractivity contribution in [3.63, 3.8) is 0 Å². The number of carbonyl (C=O) groups excluding carboxylic acids is 2. The molecule has 2 amide bonds. The molecule has 0 bridgehead atoms. The van der Waals surface area contributed by atoms with Crippen molar-refractivity contribution >= 4 is 11.8 Å².